The molecule has 0 saturated heterocycles. The third-order valence-electron chi connectivity index (χ3n) is 3.19. The summed E-state index contributed by atoms with van der Waals surface area (Å²) in [4.78, 5) is 15.8. The maximum absolute atomic E-state index is 4.60. The minimum absolute atomic E-state index is 0.570. The van der Waals surface area contributed by atoms with Crippen molar-refractivity contribution in [1.29, 1.82) is 0 Å². The molecule has 3 rings (SSSR count). The smallest absolute Gasteiger partial charge is 0.193 e. The van der Waals surface area contributed by atoms with Gasteiger partial charge in [-0.1, -0.05) is 0 Å². The number of rotatable bonds is 6. The first kappa shape index (κ1) is 15.9. The van der Waals surface area contributed by atoms with Crippen molar-refractivity contribution >= 4 is 33.6 Å². The predicted molar refractivity (Wildman–Crippen MR) is 96.4 cm³/mol. The second-order valence-corrected chi connectivity index (χ2v) is 7.25. The Hall–Kier alpha value is -1.93. The quantitative estimate of drug-likeness (QED) is 0.530. The minimum Gasteiger partial charge on any atom is -0.357 e. The van der Waals surface area contributed by atoms with Gasteiger partial charge in [-0.3, -0.25) is 4.40 Å². The Bertz CT molecular complexity index is 756. The number of aryl methyl sites for hydroxylation is 1. The van der Waals surface area contributed by atoms with Crippen LogP contribution in [0, 0.1) is 6.92 Å². The van der Waals surface area contributed by atoms with Crippen LogP contribution in [0.3, 0.4) is 0 Å². The van der Waals surface area contributed by atoms with E-state index in [4.69, 9.17) is 0 Å². The lowest BCUT2D eigenvalue weighted by Crippen LogP contribution is -2.38. The second kappa shape index (κ2) is 7.56. The largest absolute Gasteiger partial charge is 0.357 e. The standard InChI is InChI=1S/C15H20N6S2/c1-3-16-14(17-5-4-13-18-8-11(2)23-13)19-9-12-10-21-6-7-22-15(21)20-12/h6-8,10H,3-5,9H2,1-2H3,(H2,16,17,19). The SMILES string of the molecule is CCNC(=NCc1cn2ccsc2n1)NCCc1ncc(C)s1. The maximum Gasteiger partial charge on any atom is 0.193 e. The van der Waals surface area contributed by atoms with Crippen molar-refractivity contribution in [3.63, 3.8) is 0 Å². The second-order valence-electron chi connectivity index (χ2n) is 5.06. The Kier molecular flexibility index (Phi) is 5.24. The summed E-state index contributed by atoms with van der Waals surface area (Å²) in [7, 11) is 0. The van der Waals surface area contributed by atoms with Crippen LogP contribution in [0.25, 0.3) is 4.96 Å². The van der Waals surface area contributed by atoms with Crippen molar-refractivity contribution in [1.82, 2.24) is 25.0 Å². The van der Waals surface area contributed by atoms with E-state index < -0.39 is 0 Å². The summed E-state index contributed by atoms with van der Waals surface area (Å²) >= 11 is 3.38. The zero-order valence-electron chi connectivity index (χ0n) is 13.2. The van der Waals surface area contributed by atoms with E-state index in [-0.39, 0.29) is 0 Å². The van der Waals surface area contributed by atoms with Crippen LogP contribution in [-0.4, -0.2) is 33.4 Å². The van der Waals surface area contributed by atoms with Crippen LogP contribution in [0.5, 0.6) is 0 Å². The number of nitrogens with zero attached hydrogens (tertiary/aromatic N) is 4. The first-order valence-electron chi connectivity index (χ1n) is 7.59. The number of aromatic nitrogens is 3. The normalized spacial score (nSPS) is 12.0. The van der Waals surface area contributed by atoms with Gasteiger partial charge >= 0.3 is 0 Å². The van der Waals surface area contributed by atoms with Crippen LogP contribution >= 0.6 is 22.7 Å². The van der Waals surface area contributed by atoms with Gasteiger partial charge in [-0.05, 0) is 13.8 Å². The average molecular weight is 349 g/mol. The molecule has 0 bridgehead atoms. The van der Waals surface area contributed by atoms with Crippen molar-refractivity contribution < 1.29 is 0 Å². The highest BCUT2D eigenvalue weighted by molar-refractivity contribution is 7.15. The number of aliphatic imine (C=N–C) groups is 1. The van der Waals surface area contributed by atoms with E-state index in [9.17, 15) is 0 Å². The molecule has 2 N–H and O–H groups in total. The number of hydrogen-bond donors (Lipinski definition) is 2. The Labute approximate surface area is 143 Å². The van der Waals surface area contributed by atoms with Gasteiger partial charge < -0.3 is 10.6 Å². The van der Waals surface area contributed by atoms with Gasteiger partial charge in [-0.25, -0.2) is 15.0 Å². The van der Waals surface area contributed by atoms with E-state index in [1.54, 1.807) is 22.7 Å². The Morgan fingerprint density at radius 2 is 2.30 bits per heavy atom. The van der Waals surface area contributed by atoms with Crippen molar-refractivity contribution in [2.24, 2.45) is 4.99 Å². The van der Waals surface area contributed by atoms with E-state index >= 15 is 0 Å². The average Bonchev–Trinajstić information content (AvgIpc) is 3.21. The molecule has 0 atom stereocenters. The zero-order chi connectivity index (χ0) is 16.1. The van der Waals surface area contributed by atoms with E-state index in [0.29, 0.717) is 6.54 Å². The fourth-order valence-electron chi connectivity index (χ4n) is 2.16. The Balaban J connectivity index is 1.55. The lowest BCUT2D eigenvalue weighted by Gasteiger charge is -2.10. The molecule has 23 heavy (non-hydrogen) atoms. The van der Waals surface area contributed by atoms with Gasteiger partial charge in [0, 0.05) is 48.4 Å². The summed E-state index contributed by atoms with van der Waals surface area (Å²) < 4.78 is 2.03. The molecule has 3 aromatic rings. The molecule has 0 aliphatic carbocycles. The summed E-state index contributed by atoms with van der Waals surface area (Å²) in [6, 6.07) is 0. The van der Waals surface area contributed by atoms with Crippen molar-refractivity contribution in [3.8, 4) is 0 Å². The fourth-order valence-corrected chi connectivity index (χ4v) is 3.66. The molecule has 0 unspecified atom stereocenters. The van der Waals surface area contributed by atoms with Gasteiger partial charge in [0.15, 0.2) is 10.9 Å². The third-order valence-corrected chi connectivity index (χ3v) is 4.93. The molecule has 0 aliphatic rings. The molecule has 0 radical (unpaired) electrons. The monoisotopic (exact) mass is 348 g/mol. The predicted octanol–water partition coefficient (Wildman–Crippen LogP) is 2.46. The zero-order valence-corrected chi connectivity index (χ0v) is 14.9. The summed E-state index contributed by atoms with van der Waals surface area (Å²) in [5.41, 5.74) is 0.976. The number of thiazole rings is 2. The molecule has 0 amide bonds. The van der Waals surface area contributed by atoms with Gasteiger partial charge in [0.2, 0.25) is 0 Å². The number of imidazole rings is 1. The van der Waals surface area contributed by atoms with Crippen LogP contribution in [0.1, 0.15) is 22.5 Å². The van der Waals surface area contributed by atoms with Crippen molar-refractivity contribution in [2.45, 2.75) is 26.8 Å². The highest BCUT2D eigenvalue weighted by Gasteiger charge is 2.04. The molecule has 3 heterocycles. The van der Waals surface area contributed by atoms with Gasteiger partial charge in [0.05, 0.1) is 17.2 Å². The number of fused-ring (bicyclic) bond motifs is 1. The minimum atomic E-state index is 0.570. The summed E-state index contributed by atoms with van der Waals surface area (Å²) in [5, 5.41) is 9.79. The van der Waals surface area contributed by atoms with E-state index in [1.807, 2.05) is 28.4 Å². The van der Waals surface area contributed by atoms with E-state index in [1.165, 1.54) is 4.88 Å². The number of nitrogens with one attached hydrogen (secondary N) is 2. The first-order valence-corrected chi connectivity index (χ1v) is 9.29. The number of guanidine groups is 1. The molecular formula is C15H20N6S2. The molecule has 6 nitrogen and oxygen atoms in total. The third kappa shape index (κ3) is 4.29. The molecule has 3 aromatic heterocycles. The van der Waals surface area contributed by atoms with Crippen LogP contribution in [0.4, 0.5) is 0 Å². The topological polar surface area (TPSA) is 66.6 Å². The van der Waals surface area contributed by atoms with Crippen molar-refractivity contribution in [2.75, 3.05) is 13.1 Å². The molecule has 0 aromatic carbocycles. The molecule has 122 valence electrons. The lowest BCUT2D eigenvalue weighted by atomic mass is 10.4. The Morgan fingerprint density at radius 3 is 3.04 bits per heavy atom. The molecular weight excluding hydrogens is 328 g/mol. The van der Waals surface area contributed by atoms with Crippen LogP contribution < -0.4 is 10.6 Å². The molecule has 0 saturated carbocycles. The van der Waals surface area contributed by atoms with Crippen LogP contribution in [0.15, 0.2) is 29.0 Å². The molecule has 0 fully saturated rings. The van der Waals surface area contributed by atoms with Gasteiger partial charge in [-0.15, -0.1) is 22.7 Å². The summed E-state index contributed by atoms with van der Waals surface area (Å²) in [6.45, 7) is 6.36. The van der Waals surface area contributed by atoms with E-state index in [2.05, 4.69) is 39.4 Å². The summed E-state index contributed by atoms with van der Waals surface area (Å²) in [5.74, 6) is 0.817. The summed E-state index contributed by atoms with van der Waals surface area (Å²) in [6.07, 6.45) is 6.86. The lowest BCUT2D eigenvalue weighted by molar-refractivity contribution is 0.794. The molecule has 0 aliphatic heterocycles. The van der Waals surface area contributed by atoms with E-state index in [0.717, 1.165) is 41.1 Å². The number of hydrogen-bond acceptors (Lipinski definition) is 5. The van der Waals surface area contributed by atoms with Crippen molar-refractivity contribution in [3.05, 3.63) is 39.5 Å². The fraction of sp³-hybridized carbons (Fsp3) is 0.400. The van der Waals surface area contributed by atoms with Gasteiger partial charge in [-0.2, -0.15) is 0 Å². The maximum atomic E-state index is 4.60. The highest BCUT2D eigenvalue weighted by atomic mass is 32.1. The highest BCUT2D eigenvalue weighted by Crippen LogP contribution is 2.12. The van der Waals surface area contributed by atoms with Gasteiger partial charge in [0.1, 0.15) is 0 Å². The molecule has 0 spiro atoms. The van der Waals surface area contributed by atoms with Gasteiger partial charge in [0.25, 0.3) is 0 Å². The molecule has 8 heteroatoms. The Morgan fingerprint density at radius 1 is 1.39 bits per heavy atom. The van der Waals surface area contributed by atoms with Crippen LogP contribution in [0.2, 0.25) is 0 Å². The first-order chi connectivity index (χ1) is 11.2. The van der Waals surface area contributed by atoms with Crippen LogP contribution in [-0.2, 0) is 13.0 Å².